The van der Waals surface area contributed by atoms with E-state index in [1.807, 2.05) is 51.2 Å². The van der Waals surface area contributed by atoms with Gasteiger partial charge in [0.2, 0.25) is 5.06 Å². The van der Waals surface area contributed by atoms with Crippen LogP contribution in [-0.2, 0) is 12.8 Å². The van der Waals surface area contributed by atoms with E-state index in [2.05, 4.69) is 20.6 Å². The van der Waals surface area contributed by atoms with E-state index >= 15 is 0 Å². The van der Waals surface area contributed by atoms with Crippen LogP contribution in [0.3, 0.4) is 0 Å². The first kappa shape index (κ1) is 18.2. The SMILES string of the molecule is Cc1ccc(CCc2cccc(C(=O)Oc3snnc3C(C)C)c2)nc1. The molecular weight excluding hydrogens is 346 g/mol. The highest BCUT2D eigenvalue weighted by atomic mass is 32.1. The number of aromatic nitrogens is 3. The van der Waals surface area contributed by atoms with E-state index in [1.54, 1.807) is 6.07 Å². The maximum Gasteiger partial charge on any atom is 0.344 e. The van der Waals surface area contributed by atoms with E-state index < -0.39 is 0 Å². The Balaban J connectivity index is 1.67. The van der Waals surface area contributed by atoms with Crippen molar-refractivity contribution < 1.29 is 9.53 Å². The molecule has 0 bridgehead atoms. The fourth-order valence-corrected chi connectivity index (χ4v) is 3.21. The molecule has 0 saturated carbocycles. The molecule has 0 aliphatic rings. The average molecular weight is 367 g/mol. The molecule has 26 heavy (non-hydrogen) atoms. The Bertz CT molecular complexity index is 888. The number of ether oxygens (including phenoxy) is 1. The van der Waals surface area contributed by atoms with E-state index in [-0.39, 0.29) is 11.9 Å². The van der Waals surface area contributed by atoms with Gasteiger partial charge in [-0.15, -0.1) is 5.10 Å². The minimum absolute atomic E-state index is 0.157. The second-order valence-electron chi connectivity index (χ2n) is 6.52. The molecule has 0 atom stereocenters. The smallest absolute Gasteiger partial charge is 0.344 e. The average Bonchev–Trinajstić information content (AvgIpc) is 3.10. The van der Waals surface area contributed by atoms with Gasteiger partial charge in [0.1, 0.15) is 5.69 Å². The predicted molar refractivity (Wildman–Crippen MR) is 102 cm³/mol. The minimum Gasteiger partial charge on any atom is -0.408 e. The van der Waals surface area contributed by atoms with Crippen LogP contribution < -0.4 is 4.74 Å². The van der Waals surface area contributed by atoms with Crippen LogP contribution in [0.1, 0.15) is 52.6 Å². The molecule has 3 aromatic rings. The van der Waals surface area contributed by atoms with Crippen LogP contribution in [0.4, 0.5) is 0 Å². The van der Waals surface area contributed by atoms with Gasteiger partial charge in [0.15, 0.2) is 0 Å². The van der Waals surface area contributed by atoms with E-state index in [0.717, 1.165) is 41.2 Å². The number of pyridine rings is 1. The van der Waals surface area contributed by atoms with Gasteiger partial charge in [-0.05, 0) is 49.1 Å². The molecule has 3 rings (SSSR count). The topological polar surface area (TPSA) is 65.0 Å². The number of carbonyl (C=O) groups is 1. The van der Waals surface area contributed by atoms with Crippen molar-refractivity contribution in [2.24, 2.45) is 0 Å². The van der Waals surface area contributed by atoms with Crippen molar-refractivity contribution in [2.75, 3.05) is 0 Å². The molecule has 1 aromatic carbocycles. The molecule has 134 valence electrons. The van der Waals surface area contributed by atoms with E-state index in [0.29, 0.717) is 16.3 Å². The van der Waals surface area contributed by atoms with Gasteiger partial charge >= 0.3 is 5.97 Å². The first-order chi connectivity index (χ1) is 12.5. The number of benzene rings is 1. The van der Waals surface area contributed by atoms with Crippen molar-refractivity contribution in [2.45, 2.75) is 39.5 Å². The number of esters is 1. The van der Waals surface area contributed by atoms with Gasteiger partial charge in [-0.3, -0.25) is 4.98 Å². The summed E-state index contributed by atoms with van der Waals surface area (Å²) in [5, 5.41) is 4.51. The molecule has 0 radical (unpaired) electrons. The fourth-order valence-electron chi connectivity index (χ4n) is 2.53. The zero-order valence-electron chi connectivity index (χ0n) is 15.1. The summed E-state index contributed by atoms with van der Waals surface area (Å²) in [4.78, 5) is 16.9. The van der Waals surface area contributed by atoms with E-state index in [1.165, 1.54) is 0 Å². The third-order valence-electron chi connectivity index (χ3n) is 4.02. The number of nitrogens with zero attached hydrogens (tertiary/aromatic N) is 3. The maximum atomic E-state index is 12.5. The summed E-state index contributed by atoms with van der Waals surface area (Å²) in [5.41, 5.74) is 4.51. The quantitative estimate of drug-likeness (QED) is 0.605. The van der Waals surface area contributed by atoms with Gasteiger partial charge < -0.3 is 4.74 Å². The number of rotatable bonds is 6. The molecule has 5 nitrogen and oxygen atoms in total. The first-order valence-electron chi connectivity index (χ1n) is 8.58. The van der Waals surface area contributed by atoms with Crippen molar-refractivity contribution in [1.82, 2.24) is 14.6 Å². The maximum absolute atomic E-state index is 12.5. The highest BCUT2D eigenvalue weighted by molar-refractivity contribution is 7.07. The molecule has 2 aromatic heterocycles. The Morgan fingerprint density at radius 1 is 1.19 bits per heavy atom. The lowest BCUT2D eigenvalue weighted by Gasteiger charge is -2.07. The molecular formula is C20H21N3O2S. The van der Waals surface area contributed by atoms with Gasteiger partial charge in [-0.1, -0.05) is 36.5 Å². The normalized spacial score (nSPS) is 10.9. The van der Waals surface area contributed by atoms with Gasteiger partial charge in [-0.25, -0.2) is 4.79 Å². The zero-order valence-corrected chi connectivity index (χ0v) is 15.9. The van der Waals surface area contributed by atoms with Crippen LogP contribution in [-0.4, -0.2) is 20.5 Å². The van der Waals surface area contributed by atoms with Crippen molar-refractivity contribution in [3.63, 3.8) is 0 Å². The Morgan fingerprint density at radius 2 is 2.04 bits per heavy atom. The largest absolute Gasteiger partial charge is 0.408 e. The third-order valence-corrected chi connectivity index (χ3v) is 4.64. The first-order valence-corrected chi connectivity index (χ1v) is 9.35. The molecule has 6 heteroatoms. The van der Waals surface area contributed by atoms with Crippen LogP contribution in [0.5, 0.6) is 5.06 Å². The lowest BCUT2D eigenvalue weighted by Crippen LogP contribution is -2.09. The van der Waals surface area contributed by atoms with Crippen LogP contribution in [0.15, 0.2) is 42.6 Å². The van der Waals surface area contributed by atoms with Crippen molar-refractivity contribution in [1.29, 1.82) is 0 Å². The van der Waals surface area contributed by atoms with Crippen LogP contribution in [0, 0.1) is 6.92 Å². The van der Waals surface area contributed by atoms with Crippen molar-refractivity contribution in [3.8, 4) is 5.06 Å². The number of hydrogen-bond donors (Lipinski definition) is 0. The Labute approximate surface area is 157 Å². The molecule has 0 saturated heterocycles. The fraction of sp³-hybridized carbons (Fsp3) is 0.300. The minimum atomic E-state index is -0.381. The van der Waals surface area contributed by atoms with Gasteiger partial charge in [0.05, 0.1) is 5.56 Å². The molecule has 0 aliphatic heterocycles. The lowest BCUT2D eigenvalue weighted by molar-refractivity contribution is 0.0738. The molecule has 0 amide bonds. The standard InChI is InChI=1S/C20H21N3O2S/c1-13(2)18-20(26-23-22-18)25-19(24)16-6-4-5-15(11-16)8-10-17-9-7-14(3)12-21-17/h4-7,9,11-13H,8,10H2,1-3H3. The zero-order chi connectivity index (χ0) is 18.5. The molecule has 0 N–H and O–H groups in total. The summed E-state index contributed by atoms with van der Waals surface area (Å²) in [6.45, 7) is 6.01. The van der Waals surface area contributed by atoms with Gasteiger partial charge in [0, 0.05) is 29.3 Å². The van der Waals surface area contributed by atoms with Crippen LogP contribution in [0.2, 0.25) is 0 Å². The number of carbonyl (C=O) groups excluding carboxylic acids is 1. The molecule has 2 heterocycles. The van der Waals surface area contributed by atoms with Gasteiger partial charge in [-0.2, -0.15) is 0 Å². The van der Waals surface area contributed by atoms with E-state index in [9.17, 15) is 4.79 Å². The molecule has 0 spiro atoms. The molecule has 0 fully saturated rings. The lowest BCUT2D eigenvalue weighted by atomic mass is 10.0. The summed E-state index contributed by atoms with van der Waals surface area (Å²) in [6.07, 6.45) is 3.52. The Kier molecular flexibility index (Phi) is 5.73. The highest BCUT2D eigenvalue weighted by Crippen LogP contribution is 2.28. The molecule has 0 unspecified atom stereocenters. The van der Waals surface area contributed by atoms with Crippen molar-refractivity contribution in [3.05, 3.63) is 70.7 Å². The summed E-state index contributed by atoms with van der Waals surface area (Å²) in [7, 11) is 0. The summed E-state index contributed by atoms with van der Waals surface area (Å²) in [5.74, 6) is -0.224. The third kappa shape index (κ3) is 4.52. The Morgan fingerprint density at radius 3 is 2.77 bits per heavy atom. The van der Waals surface area contributed by atoms with Crippen LogP contribution >= 0.6 is 11.5 Å². The van der Waals surface area contributed by atoms with Crippen LogP contribution in [0.25, 0.3) is 0 Å². The Hall–Kier alpha value is -2.60. The van der Waals surface area contributed by atoms with Crippen molar-refractivity contribution >= 4 is 17.5 Å². The van der Waals surface area contributed by atoms with Gasteiger partial charge in [0.25, 0.3) is 0 Å². The number of hydrogen-bond acceptors (Lipinski definition) is 6. The highest BCUT2D eigenvalue weighted by Gasteiger charge is 2.17. The predicted octanol–water partition coefficient (Wildman–Crippen LogP) is 4.37. The second kappa shape index (κ2) is 8.19. The second-order valence-corrected chi connectivity index (χ2v) is 7.23. The van der Waals surface area contributed by atoms with E-state index in [4.69, 9.17) is 4.74 Å². The molecule has 0 aliphatic carbocycles. The summed E-state index contributed by atoms with van der Waals surface area (Å²) >= 11 is 1.10. The monoisotopic (exact) mass is 367 g/mol. The number of aryl methyl sites for hydroxylation is 3. The summed E-state index contributed by atoms with van der Waals surface area (Å²) < 4.78 is 9.39. The summed E-state index contributed by atoms with van der Waals surface area (Å²) in [6, 6.07) is 11.6.